The van der Waals surface area contributed by atoms with Crippen molar-refractivity contribution in [2.24, 2.45) is 11.8 Å². The van der Waals surface area contributed by atoms with Crippen LogP contribution in [0, 0.1) is 11.8 Å². The van der Waals surface area contributed by atoms with Gasteiger partial charge in [0.05, 0.1) is 49.9 Å². The minimum absolute atomic E-state index is 0.0748. The summed E-state index contributed by atoms with van der Waals surface area (Å²) in [7, 11) is 4.61. The van der Waals surface area contributed by atoms with Gasteiger partial charge < -0.3 is 33.7 Å². The van der Waals surface area contributed by atoms with Crippen molar-refractivity contribution in [2.45, 2.75) is 12.0 Å². The third-order valence-electron chi connectivity index (χ3n) is 7.90. The predicted octanol–water partition coefficient (Wildman–Crippen LogP) is 5.55. The Bertz CT molecular complexity index is 1580. The van der Waals surface area contributed by atoms with Crippen molar-refractivity contribution in [2.75, 3.05) is 34.7 Å². The lowest BCUT2D eigenvalue weighted by Crippen LogP contribution is -2.42. The van der Waals surface area contributed by atoms with E-state index in [0.717, 1.165) is 16.7 Å². The lowest BCUT2D eigenvalue weighted by atomic mass is 9.65. The predicted molar refractivity (Wildman–Crippen MR) is 155 cm³/mol. The molecule has 0 unspecified atom stereocenters. The summed E-state index contributed by atoms with van der Waals surface area (Å²) >= 11 is 12.1. The topological polar surface area (TPSA) is 102 Å². The maximum absolute atomic E-state index is 13.4. The Kier molecular flexibility index (Phi) is 7.55. The second-order valence-corrected chi connectivity index (χ2v) is 10.9. The second-order valence-electron chi connectivity index (χ2n) is 10.1. The van der Waals surface area contributed by atoms with Crippen LogP contribution in [0.2, 0.25) is 10.0 Å². The van der Waals surface area contributed by atoms with E-state index >= 15 is 0 Å². The highest BCUT2D eigenvalue weighted by Crippen LogP contribution is 2.55. The molecule has 6 rings (SSSR count). The van der Waals surface area contributed by atoms with Crippen molar-refractivity contribution in [3.05, 3.63) is 80.8 Å². The van der Waals surface area contributed by atoms with Crippen molar-refractivity contribution < 1.29 is 38.0 Å². The normalized spacial score (nSPS) is 21.9. The fourth-order valence-corrected chi connectivity index (χ4v) is 6.32. The summed E-state index contributed by atoms with van der Waals surface area (Å²) in [6, 6.07) is 12.0. The van der Waals surface area contributed by atoms with E-state index in [1.54, 1.807) is 24.3 Å². The van der Waals surface area contributed by atoms with Crippen molar-refractivity contribution in [3.8, 4) is 28.7 Å². The van der Waals surface area contributed by atoms with Crippen LogP contribution >= 0.6 is 23.2 Å². The molecule has 218 valence electrons. The number of benzene rings is 3. The van der Waals surface area contributed by atoms with Crippen LogP contribution < -0.4 is 29.0 Å². The summed E-state index contributed by atoms with van der Waals surface area (Å²) in [5.74, 6) is 0.346. The van der Waals surface area contributed by atoms with Gasteiger partial charge in [-0.15, -0.1) is 0 Å². The third-order valence-corrected chi connectivity index (χ3v) is 8.64. The fraction of sp³-hybridized carbons (Fsp3) is 0.290. The van der Waals surface area contributed by atoms with Gasteiger partial charge in [-0.2, -0.15) is 0 Å². The molecule has 0 bridgehead atoms. The fourth-order valence-electron chi connectivity index (χ4n) is 6.02. The minimum Gasteiger partial charge on any atom is -0.493 e. The highest BCUT2D eigenvalue weighted by molar-refractivity contribution is 6.42. The molecule has 1 N–H and O–H groups in total. The molecule has 2 heterocycles. The first kappa shape index (κ1) is 28.1. The zero-order chi connectivity index (χ0) is 29.5. The molecular formula is C31H27Cl2NO8. The van der Waals surface area contributed by atoms with Gasteiger partial charge in [0.25, 0.3) is 0 Å². The van der Waals surface area contributed by atoms with Crippen LogP contribution in [-0.2, 0) is 14.3 Å². The third kappa shape index (κ3) is 4.86. The van der Waals surface area contributed by atoms with Crippen LogP contribution in [0.1, 0.15) is 34.2 Å². The Labute approximate surface area is 252 Å². The van der Waals surface area contributed by atoms with Crippen LogP contribution in [0.25, 0.3) is 6.08 Å². The highest BCUT2D eigenvalue weighted by Gasteiger charge is 2.53. The number of rotatable bonds is 7. The lowest BCUT2D eigenvalue weighted by Gasteiger charge is -2.39. The summed E-state index contributed by atoms with van der Waals surface area (Å²) in [5.41, 5.74) is 3.08. The first-order valence-corrected chi connectivity index (χ1v) is 13.9. The number of cyclic esters (lactones) is 1. The minimum atomic E-state index is -0.606. The highest BCUT2D eigenvalue weighted by atomic mass is 35.5. The quantitative estimate of drug-likeness (QED) is 0.274. The molecule has 0 radical (unpaired) electrons. The largest absolute Gasteiger partial charge is 0.493 e. The van der Waals surface area contributed by atoms with Gasteiger partial charge in [0.15, 0.2) is 23.0 Å². The maximum Gasteiger partial charge on any atom is 0.310 e. The standard InChI is InChI=1S/C31H27Cl2NO8/c1-37-24-9-16(10-25(38-2)30(24)39-3)27-17-11-22-23(42-14-41-22)12-18(17)29(19-13-40-31(36)28(19)27)34-26(35)7-5-15-4-6-20(32)21(33)8-15/h4-12,19,27-29H,13-14H2,1-3H3,(H,34,35)/b7-5+/t19-,27+,28-,29+/m0/s1. The molecule has 1 aliphatic carbocycles. The van der Waals surface area contributed by atoms with Crippen LogP contribution in [-0.4, -0.2) is 46.6 Å². The molecule has 1 saturated heterocycles. The smallest absolute Gasteiger partial charge is 0.310 e. The first-order chi connectivity index (χ1) is 20.3. The van der Waals surface area contributed by atoms with Crippen molar-refractivity contribution in [1.82, 2.24) is 5.32 Å². The van der Waals surface area contributed by atoms with E-state index in [2.05, 4.69) is 5.32 Å². The van der Waals surface area contributed by atoms with Crippen molar-refractivity contribution in [3.63, 3.8) is 0 Å². The number of nitrogens with one attached hydrogen (secondary N) is 1. The Morgan fingerprint density at radius 3 is 2.24 bits per heavy atom. The van der Waals surface area contributed by atoms with Gasteiger partial charge in [-0.1, -0.05) is 29.3 Å². The average molecular weight is 612 g/mol. The number of methoxy groups -OCH3 is 3. The van der Waals surface area contributed by atoms with Gasteiger partial charge in [0, 0.05) is 17.9 Å². The Morgan fingerprint density at radius 1 is 0.905 bits per heavy atom. The molecule has 9 nitrogen and oxygen atoms in total. The van der Waals surface area contributed by atoms with Gasteiger partial charge in [-0.3, -0.25) is 9.59 Å². The van der Waals surface area contributed by atoms with E-state index in [9.17, 15) is 9.59 Å². The van der Waals surface area contributed by atoms with E-state index in [1.165, 1.54) is 27.4 Å². The molecule has 4 atom stereocenters. The van der Waals surface area contributed by atoms with E-state index in [-0.39, 0.29) is 31.2 Å². The van der Waals surface area contributed by atoms with Crippen LogP contribution in [0.4, 0.5) is 0 Å². The number of hydrogen-bond donors (Lipinski definition) is 1. The summed E-state index contributed by atoms with van der Waals surface area (Å²) in [4.78, 5) is 26.6. The molecule has 2 aliphatic heterocycles. The first-order valence-electron chi connectivity index (χ1n) is 13.2. The molecule has 3 aromatic rings. The molecule has 0 aromatic heterocycles. The maximum atomic E-state index is 13.4. The zero-order valence-electron chi connectivity index (χ0n) is 22.9. The molecule has 1 amide bonds. The zero-order valence-corrected chi connectivity index (χ0v) is 24.5. The number of carbonyl (C=O) groups excluding carboxylic acids is 2. The number of hydrogen-bond acceptors (Lipinski definition) is 8. The summed E-state index contributed by atoms with van der Waals surface area (Å²) in [6.07, 6.45) is 3.07. The van der Waals surface area contributed by atoms with Gasteiger partial charge >= 0.3 is 5.97 Å². The summed E-state index contributed by atoms with van der Waals surface area (Å²) in [5, 5.41) is 3.92. The molecule has 42 heavy (non-hydrogen) atoms. The number of halogens is 2. The van der Waals surface area contributed by atoms with Gasteiger partial charge in [0.1, 0.15) is 0 Å². The molecular weight excluding hydrogens is 585 g/mol. The van der Waals surface area contributed by atoms with E-state index in [4.69, 9.17) is 51.6 Å². The average Bonchev–Trinajstić information content (AvgIpc) is 3.62. The molecule has 3 aromatic carbocycles. The Balaban J connectivity index is 1.43. The molecule has 3 aliphatic rings. The van der Waals surface area contributed by atoms with Crippen LogP contribution in [0.3, 0.4) is 0 Å². The Hall–Kier alpha value is -4.08. The van der Waals surface area contributed by atoms with Crippen molar-refractivity contribution >= 4 is 41.2 Å². The van der Waals surface area contributed by atoms with Crippen molar-refractivity contribution in [1.29, 1.82) is 0 Å². The lowest BCUT2D eigenvalue weighted by molar-refractivity contribution is -0.141. The number of esters is 1. The number of amides is 1. The van der Waals surface area contributed by atoms with Crippen LogP contribution in [0.5, 0.6) is 28.7 Å². The van der Waals surface area contributed by atoms with E-state index in [0.29, 0.717) is 44.4 Å². The molecule has 1 fully saturated rings. The number of ether oxygens (including phenoxy) is 6. The summed E-state index contributed by atoms with van der Waals surface area (Å²) in [6.45, 7) is 0.213. The number of fused-ring (bicyclic) bond motifs is 3. The van der Waals surface area contributed by atoms with Gasteiger partial charge in [0.2, 0.25) is 18.4 Å². The van der Waals surface area contributed by atoms with E-state index < -0.39 is 17.9 Å². The van der Waals surface area contributed by atoms with Gasteiger partial charge in [-0.25, -0.2) is 0 Å². The molecule has 0 spiro atoms. The van der Waals surface area contributed by atoms with E-state index in [1.807, 2.05) is 24.3 Å². The second kappa shape index (κ2) is 11.3. The SMILES string of the molecule is COc1cc([C@@H]2c3cc4c(cc3[C@@H](NC(=O)/C=C/c3ccc(Cl)c(Cl)c3)[C@H]3COC(=O)[C@H]23)OCO4)cc(OC)c1OC. The van der Waals surface area contributed by atoms with Gasteiger partial charge in [-0.05, 0) is 64.7 Å². The number of carbonyl (C=O) groups is 2. The molecule has 11 heteroatoms. The Morgan fingerprint density at radius 2 is 1.60 bits per heavy atom. The summed E-state index contributed by atoms with van der Waals surface area (Å²) < 4.78 is 33.8. The van der Waals surface area contributed by atoms with Crippen LogP contribution in [0.15, 0.2) is 48.5 Å². The molecule has 0 saturated carbocycles. The monoisotopic (exact) mass is 611 g/mol.